The largest absolute Gasteiger partial charge is 0.342 e. The second-order valence-electron chi connectivity index (χ2n) is 6.81. The topological polar surface area (TPSA) is 64.2 Å². The highest BCUT2D eigenvalue weighted by Gasteiger charge is 2.15. The van der Waals surface area contributed by atoms with E-state index in [-0.39, 0.29) is 11.9 Å². The molecule has 24 heavy (non-hydrogen) atoms. The minimum absolute atomic E-state index is 0.0193. The number of aromatic nitrogens is 2. The Morgan fingerprint density at radius 3 is 2.38 bits per heavy atom. The zero-order valence-electron chi connectivity index (χ0n) is 15.3. The summed E-state index contributed by atoms with van der Waals surface area (Å²) in [5.41, 5.74) is 9.75. The molecule has 1 atom stereocenters. The van der Waals surface area contributed by atoms with Crippen molar-refractivity contribution in [1.29, 1.82) is 0 Å². The van der Waals surface area contributed by atoms with Gasteiger partial charge >= 0.3 is 0 Å². The van der Waals surface area contributed by atoms with Crippen LogP contribution in [0.2, 0.25) is 0 Å². The Labute approximate surface area is 144 Å². The number of carbonyl (C=O) groups excluding carboxylic acids is 1. The number of hydrogen-bond acceptors (Lipinski definition) is 3. The minimum atomic E-state index is 0.0193. The molecule has 5 heteroatoms. The molecule has 1 unspecified atom stereocenters. The fourth-order valence-corrected chi connectivity index (χ4v) is 2.63. The lowest BCUT2D eigenvalue weighted by atomic mass is 10.0. The third-order valence-electron chi connectivity index (χ3n) is 4.37. The predicted octanol–water partition coefficient (Wildman–Crippen LogP) is 2.93. The van der Waals surface area contributed by atoms with Gasteiger partial charge in [-0.1, -0.05) is 13.8 Å². The summed E-state index contributed by atoms with van der Waals surface area (Å²) in [7, 11) is 1.82. The SMILES string of the molecule is Cc1cc(C)n(-c2ccc(C(=O)N(C)CCC(N)C(C)C)cc2)n1. The maximum absolute atomic E-state index is 12.5. The summed E-state index contributed by atoms with van der Waals surface area (Å²) in [6, 6.07) is 9.72. The number of aryl methyl sites for hydroxylation is 2. The molecule has 0 aliphatic rings. The lowest BCUT2D eigenvalue weighted by Gasteiger charge is -2.21. The van der Waals surface area contributed by atoms with E-state index >= 15 is 0 Å². The normalized spacial score (nSPS) is 12.5. The van der Waals surface area contributed by atoms with Crippen LogP contribution in [0.1, 0.15) is 42.0 Å². The van der Waals surface area contributed by atoms with Crippen molar-refractivity contribution < 1.29 is 4.79 Å². The van der Waals surface area contributed by atoms with Crippen molar-refractivity contribution in [3.8, 4) is 5.69 Å². The standard InChI is InChI=1S/C19H28N4O/c1-13(2)18(20)10-11-22(5)19(24)16-6-8-17(9-7-16)23-15(4)12-14(3)21-23/h6-9,12-13,18H,10-11,20H2,1-5H3. The van der Waals surface area contributed by atoms with Gasteiger partial charge in [-0.15, -0.1) is 0 Å². The van der Waals surface area contributed by atoms with Crippen LogP contribution in [-0.4, -0.2) is 40.2 Å². The molecule has 1 aromatic heterocycles. The molecule has 0 radical (unpaired) electrons. The van der Waals surface area contributed by atoms with E-state index in [0.29, 0.717) is 18.0 Å². The van der Waals surface area contributed by atoms with Gasteiger partial charge in [-0.05, 0) is 56.5 Å². The molecule has 0 spiro atoms. The molecule has 2 N–H and O–H groups in total. The molecule has 0 aliphatic heterocycles. The summed E-state index contributed by atoms with van der Waals surface area (Å²) in [6.07, 6.45) is 0.809. The van der Waals surface area contributed by atoms with Gasteiger partial charge in [0.15, 0.2) is 0 Å². The number of carbonyl (C=O) groups is 1. The Hall–Kier alpha value is -2.14. The summed E-state index contributed by atoms with van der Waals surface area (Å²) in [4.78, 5) is 14.2. The third kappa shape index (κ3) is 4.23. The minimum Gasteiger partial charge on any atom is -0.342 e. The van der Waals surface area contributed by atoms with Gasteiger partial charge in [-0.2, -0.15) is 5.10 Å². The van der Waals surface area contributed by atoms with Gasteiger partial charge in [-0.3, -0.25) is 4.79 Å². The van der Waals surface area contributed by atoms with E-state index in [1.807, 2.05) is 55.9 Å². The van der Waals surface area contributed by atoms with Crippen molar-refractivity contribution >= 4 is 5.91 Å². The zero-order valence-corrected chi connectivity index (χ0v) is 15.3. The number of rotatable bonds is 6. The Bertz CT molecular complexity index is 688. The van der Waals surface area contributed by atoms with Crippen LogP contribution < -0.4 is 5.73 Å². The molecule has 130 valence electrons. The van der Waals surface area contributed by atoms with Gasteiger partial charge in [0.25, 0.3) is 5.91 Å². The summed E-state index contributed by atoms with van der Waals surface area (Å²) < 4.78 is 1.88. The quantitative estimate of drug-likeness (QED) is 0.887. The van der Waals surface area contributed by atoms with Crippen molar-refractivity contribution in [1.82, 2.24) is 14.7 Å². The van der Waals surface area contributed by atoms with E-state index in [9.17, 15) is 4.79 Å². The van der Waals surface area contributed by atoms with E-state index in [0.717, 1.165) is 23.5 Å². The number of nitrogens with two attached hydrogens (primary N) is 1. The molecule has 0 saturated heterocycles. The highest BCUT2D eigenvalue weighted by molar-refractivity contribution is 5.94. The van der Waals surface area contributed by atoms with Crippen LogP contribution in [0.4, 0.5) is 0 Å². The van der Waals surface area contributed by atoms with Crippen LogP contribution in [0.15, 0.2) is 30.3 Å². The molecule has 2 aromatic rings. The maximum Gasteiger partial charge on any atom is 0.253 e. The summed E-state index contributed by atoms with van der Waals surface area (Å²) in [5.74, 6) is 0.444. The van der Waals surface area contributed by atoms with Crippen LogP contribution in [-0.2, 0) is 0 Å². The fraction of sp³-hybridized carbons (Fsp3) is 0.474. The smallest absolute Gasteiger partial charge is 0.253 e. The van der Waals surface area contributed by atoms with Crippen molar-refractivity contribution in [2.75, 3.05) is 13.6 Å². The molecule has 1 aromatic carbocycles. The van der Waals surface area contributed by atoms with Crippen molar-refractivity contribution in [2.45, 2.75) is 40.2 Å². The molecule has 1 amide bonds. The molecule has 0 saturated carbocycles. The lowest BCUT2D eigenvalue weighted by molar-refractivity contribution is 0.0789. The first-order valence-corrected chi connectivity index (χ1v) is 8.44. The lowest BCUT2D eigenvalue weighted by Crippen LogP contribution is -2.34. The van der Waals surface area contributed by atoms with Gasteiger partial charge in [0.2, 0.25) is 0 Å². The molecular weight excluding hydrogens is 300 g/mol. The predicted molar refractivity (Wildman–Crippen MR) is 97.4 cm³/mol. The Kier molecular flexibility index (Phi) is 5.78. The molecule has 0 aliphatic carbocycles. The molecule has 1 heterocycles. The molecule has 2 rings (SSSR count). The molecule has 5 nitrogen and oxygen atoms in total. The number of hydrogen-bond donors (Lipinski definition) is 1. The summed E-state index contributed by atoms with van der Waals surface area (Å²) in [5, 5.41) is 4.46. The van der Waals surface area contributed by atoms with Crippen molar-refractivity contribution in [3.63, 3.8) is 0 Å². The van der Waals surface area contributed by atoms with E-state index in [1.165, 1.54) is 0 Å². The van der Waals surface area contributed by atoms with Gasteiger partial charge in [0, 0.05) is 30.9 Å². The first-order chi connectivity index (χ1) is 11.3. The molecule has 0 fully saturated rings. The van der Waals surface area contributed by atoms with E-state index < -0.39 is 0 Å². The highest BCUT2D eigenvalue weighted by Crippen LogP contribution is 2.14. The van der Waals surface area contributed by atoms with E-state index in [4.69, 9.17) is 5.73 Å². The molecule has 0 bridgehead atoms. The first kappa shape index (κ1) is 18.2. The van der Waals surface area contributed by atoms with Crippen LogP contribution in [0.5, 0.6) is 0 Å². The maximum atomic E-state index is 12.5. The van der Waals surface area contributed by atoms with Gasteiger partial charge in [0.05, 0.1) is 11.4 Å². The Balaban J connectivity index is 2.04. The fourth-order valence-electron chi connectivity index (χ4n) is 2.63. The second kappa shape index (κ2) is 7.62. The van der Waals surface area contributed by atoms with Gasteiger partial charge in [-0.25, -0.2) is 4.68 Å². The Morgan fingerprint density at radius 1 is 1.25 bits per heavy atom. The van der Waals surface area contributed by atoms with E-state index in [1.54, 1.807) is 4.90 Å². The van der Waals surface area contributed by atoms with Gasteiger partial charge in [0.1, 0.15) is 0 Å². The van der Waals surface area contributed by atoms with Gasteiger partial charge < -0.3 is 10.6 Å². The third-order valence-corrected chi connectivity index (χ3v) is 4.37. The zero-order chi connectivity index (χ0) is 17.9. The van der Waals surface area contributed by atoms with Crippen LogP contribution in [0, 0.1) is 19.8 Å². The van der Waals surface area contributed by atoms with Crippen LogP contribution in [0.3, 0.4) is 0 Å². The average molecular weight is 328 g/mol. The summed E-state index contributed by atoms with van der Waals surface area (Å²) >= 11 is 0. The Morgan fingerprint density at radius 2 is 1.88 bits per heavy atom. The van der Waals surface area contributed by atoms with Crippen LogP contribution in [0.25, 0.3) is 5.69 Å². The monoisotopic (exact) mass is 328 g/mol. The number of amides is 1. The highest BCUT2D eigenvalue weighted by atomic mass is 16.2. The molecular formula is C19H28N4O. The average Bonchev–Trinajstić information content (AvgIpc) is 2.90. The second-order valence-corrected chi connectivity index (χ2v) is 6.81. The summed E-state index contributed by atoms with van der Waals surface area (Å²) in [6.45, 7) is 8.86. The first-order valence-electron chi connectivity index (χ1n) is 8.44. The van der Waals surface area contributed by atoms with Crippen molar-refractivity contribution in [2.24, 2.45) is 11.7 Å². The number of benzene rings is 1. The van der Waals surface area contributed by atoms with Crippen molar-refractivity contribution in [3.05, 3.63) is 47.3 Å². The van der Waals surface area contributed by atoms with Crippen LogP contribution >= 0.6 is 0 Å². The number of nitrogens with zero attached hydrogens (tertiary/aromatic N) is 3. The van der Waals surface area contributed by atoms with E-state index in [2.05, 4.69) is 18.9 Å².